The first-order valence-corrected chi connectivity index (χ1v) is 2.53. The molecule has 1 unspecified atom stereocenters. The fraction of sp³-hybridized carbons (Fsp3) is 0.800. The van der Waals surface area contributed by atoms with E-state index in [4.69, 9.17) is 0 Å². The van der Waals surface area contributed by atoms with Crippen LogP contribution in [0.15, 0.2) is 0 Å². The summed E-state index contributed by atoms with van der Waals surface area (Å²) in [5, 5.41) is 2.98. The van der Waals surface area contributed by atoms with Crippen molar-refractivity contribution >= 4 is 6.29 Å². The zero-order chi connectivity index (χ0) is 5.28. The Morgan fingerprint density at radius 3 is 2.57 bits per heavy atom. The summed E-state index contributed by atoms with van der Waals surface area (Å²) in [5.41, 5.74) is 0. The smallest absolute Gasteiger partial charge is 0.137 e. The summed E-state index contributed by atoms with van der Waals surface area (Å²) in [6.07, 6.45) is 0.966. The predicted octanol–water partition coefficient (Wildman–Crippen LogP) is -0.207. The molecular weight excluding hydrogens is 90.1 g/mol. The summed E-state index contributed by atoms with van der Waals surface area (Å²) in [4.78, 5) is 9.94. The van der Waals surface area contributed by atoms with Crippen molar-refractivity contribution < 1.29 is 4.79 Å². The van der Waals surface area contributed by atoms with E-state index in [9.17, 15) is 4.79 Å². The van der Waals surface area contributed by atoms with Gasteiger partial charge in [0.2, 0.25) is 0 Å². The summed E-state index contributed by atoms with van der Waals surface area (Å²) in [6.45, 7) is 3.07. The topological polar surface area (TPSA) is 29.1 Å². The summed E-state index contributed by atoms with van der Waals surface area (Å²) in [5.74, 6) is 0.567. The maximum Gasteiger partial charge on any atom is 0.137 e. The van der Waals surface area contributed by atoms with Gasteiger partial charge in [-0.2, -0.15) is 0 Å². The highest BCUT2D eigenvalue weighted by atomic mass is 16.1. The van der Waals surface area contributed by atoms with Gasteiger partial charge >= 0.3 is 0 Å². The second kappa shape index (κ2) is 1.62. The Labute approximate surface area is 42.9 Å². The van der Waals surface area contributed by atoms with E-state index in [2.05, 4.69) is 12.2 Å². The number of rotatable bonds is 1. The Morgan fingerprint density at radius 2 is 2.57 bits per heavy atom. The van der Waals surface area contributed by atoms with Crippen LogP contribution in [0, 0.1) is 5.92 Å². The van der Waals surface area contributed by atoms with Crippen LogP contribution in [-0.2, 0) is 4.79 Å². The lowest BCUT2D eigenvalue weighted by Gasteiger charge is -2.30. The van der Waals surface area contributed by atoms with Gasteiger partial charge in [-0.25, -0.2) is 0 Å². The van der Waals surface area contributed by atoms with Crippen molar-refractivity contribution in [2.45, 2.75) is 13.0 Å². The Balaban J connectivity index is 2.28. The van der Waals surface area contributed by atoms with E-state index in [-0.39, 0.29) is 6.04 Å². The van der Waals surface area contributed by atoms with Gasteiger partial charge in [0.15, 0.2) is 0 Å². The lowest BCUT2D eigenvalue weighted by atomic mass is 9.96. The standard InChI is InChI=1S/C5H9NO/c1-4-2-6-5(4)3-7/h3-6H,2H2,1H3/t4?,5-/m1/s1. The first-order chi connectivity index (χ1) is 3.34. The molecule has 2 heteroatoms. The number of carbonyl (C=O) groups is 1. The third-order valence-electron chi connectivity index (χ3n) is 1.44. The SMILES string of the molecule is CC1CN[C@@H]1C=O. The van der Waals surface area contributed by atoms with Gasteiger partial charge in [-0.1, -0.05) is 6.92 Å². The summed E-state index contributed by atoms with van der Waals surface area (Å²) in [7, 11) is 0. The van der Waals surface area contributed by atoms with E-state index < -0.39 is 0 Å². The molecule has 7 heavy (non-hydrogen) atoms. The van der Waals surface area contributed by atoms with Gasteiger partial charge < -0.3 is 10.1 Å². The number of carbonyl (C=O) groups excluding carboxylic acids is 1. The summed E-state index contributed by atoms with van der Waals surface area (Å²) in [6, 6.07) is 0.153. The Bertz CT molecular complexity index is 82.1. The fourth-order valence-corrected chi connectivity index (χ4v) is 0.672. The third kappa shape index (κ3) is 0.657. The van der Waals surface area contributed by atoms with E-state index in [1.807, 2.05) is 0 Å². The molecule has 1 fully saturated rings. The van der Waals surface area contributed by atoms with Crippen LogP contribution in [0.4, 0.5) is 0 Å². The molecule has 1 rings (SSSR count). The van der Waals surface area contributed by atoms with Crippen molar-refractivity contribution in [2.24, 2.45) is 5.92 Å². The van der Waals surface area contributed by atoms with Gasteiger partial charge in [0.1, 0.15) is 6.29 Å². The molecule has 1 heterocycles. The zero-order valence-corrected chi connectivity index (χ0v) is 4.35. The maximum absolute atomic E-state index is 9.94. The molecule has 1 N–H and O–H groups in total. The van der Waals surface area contributed by atoms with Gasteiger partial charge in [-0.3, -0.25) is 0 Å². The molecular formula is C5H9NO. The highest BCUT2D eigenvalue weighted by Crippen LogP contribution is 2.07. The van der Waals surface area contributed by atoms with Crippen molar-refractivity contribution in [3.05, 3.63) is 0 Å². The largest absolute Gasteiger partial charge is 0.307 e. The van der Waals surface area contributed by atoms with Crippen LogP contribution < -0.4 is 5.32 Å². The molecule has 0 radical (unpaired) electrons. The van der Waals surface area contributed by atoms with Gasteiger partial charge in [-0.15, -0.1) is 0 Å². The van der Waals surface area contributed by atoms with Crippen molar-refractivity contribution in [2.75, 3.05) is 6.54 Å². The predicted molar refractivity (Wildman–Crippen MR) is 27.0 cm³/mol. The Kier molecular flexibility index (Phi) is 1.11. The molecule has 0 bridgehead atoms. The maximum atomic E-state index is 9.94. The molecule has 40 valence electrons. The molecule has 0 saturated carbocycles. The average molecular weight is 99.1 g/mol. The molecule has 0 spiro atoms. The van der Waals surface area contributed by atoms with Crippen molar-refractivity contribution in [1.29, 1.82) is 0 Å². The van der Waals surface area contributed by atoms with Gasteiger partial charge in [0.25, 0.3) is 0 Å². The number of hydrogen-bond acceptors (Lipinski definition) is 2. The molecule has 2 nitrogen and oxygen atoms in total. The molecule has 0 aromatic heterocycles. The summed E-state index contributed by atoms with van der Waals surface area (Å²) < 4.78 is 0. The van der Waals surface area contributed by atoms with Crippen LogP contribution in [0.5, 0.6) is 0 Å². The quantitative estimate of drug-likeness (QED) is 0.461. The molecule has 1 aliphatic heterocycles. The van der Waals surface area contributed by atoms with Gasteiger partial charge in [0.05, 0.1) is 6.04 Å². The van der Waals surface area contributed by atoms with E-state index in [0.29, 0.717) is 5.92 Å². The molecule has 2 atom stereocenters. The van der Waals surface area contributed by atoms with Crippen LogP contribution in [0.1, 0.15) is 6.92 Å². The van der Waals surface area contributed by atoms with E-state index in [1.165, 1.54) is 0 Å². The number of hydrogen-bond donors (Lipinski definition) is 1. The lowest BCUT2D eigenvalue weighted by molar-refractivity contribution is -0.112. The molecule has 0 aromatic carbocycles. The van der Waals surface area contributed by atoms with Crippen LogP contribution in [0.3, 0.4) is 0 Å². The van der Waals surface area contributed by atoms with Crippen LogP contribution in [0.25, 0.3) is 0 Å². The lowest BCUT2D eigenvalue weighted by Crippen LogP contribution is -2.52. The Morgan fingerprint density at radius 1 is 1.86 bits per heavy atom. The van der Waals surface area contributed by atoms with E-state index in [1.54, 1.807) is 0 Å². The minimum atomic E-state index is 0.153. The van der Waals surface area contributed by atoms with Gasteiger partial charge in [-0.05, 0) is 5.92 Å². The van der Waals surface area contributed by atoms with Crippen LogP contribution in [0.2, 0.25) is 0 Å². The number of nitrogens with one attached hydrogen (secondary N) is 1. The highest BCUT2D eigenvalue weighted by Gasteiger charge is 2.24. The molecule has 0 amide bonds. The van der Waals surface area contributed by atoms with Crippen LogP contribution >= 0.6 is 0 Å². The molecule has 1 aliphatic rings. The average Bonchev–Trinajstić information content (AvgIpc) is 1.65. The van der Waals surface area contributed by atoms with E-state index >= 15 is 0 Å². The minimum absolute atomic E-state index is 0.153. The third-order valence-corrected chi connectivity index (χ3v) is 1.44. The molecule has 0 aliphatic carbocycles. The highest BCUT2D eigenvalue weighted by molar-refractivity contribution is 5.59. The monoisotopic (exact) mass is 99.1 g/mol. The second-order valence-corrected chi connectivity index (χ2v) is 2.05. The zero-order valence-electron chi connectivity index (χ0n) is 4.35. The number of aldehydes is 1. The normalized spacial score (nSPS) is 39.6. The fourth-order valence-electron chi connectivity index (χ4n) is 0.672. The van der Waals surface area contributed by atoms with Crippen LogP contribution in [-0.4, -0.2) is 18.9 Å². The van der Waals surface area contributed by atoms with Gasteiger partial charge in [0, 0.05) is 6.54 Å². The van der Waals surface area contributed by atoms with Crippen molar-refractivity contribution in [3.63, 3.8) is 0 Å². The first kappa shape index (κ1) is 4.78. The second-order valence-electron chi connectivity index (χ2n) is 2.05. The minimum Gasteiger partial charge on any atom is -0.307 e. The molecule has 1 saturated heterocycles. The molecule has 0 aromatic rings. The van der Waals surface area contributed by atoms with E-state index in [0.717, 1.165) is 12.8 Å². The summed E-state index contributed by atoms with van der Waals surface area (Å²) >= 11 is 0. The van der Waals surface area contributed by atoms with Crippen molar-refractivity contribution in [1.82, 2.24) is 5.32 Å². The first-order valence-electron chi connectivity index (χ1n) is 2.53. The Hall–Kier alpha value is -0.370. The van der Waals surface area contributed by atoms with Crippen molar-refractivity contribution in [3.8, 4) is 0 Å².